The molecule has 0 saturated heterocycles. The van der Waals surface area contributed by atoms with Crippen molar-refractivity contribution in [2.75, 3.05) is 19.0 Å². The number of carboxylic acid groups (broad SMARTS) is 1. The second kappa shape index (κ2) is 10.3. The third-order valence-corrected chi connectivity index (χ3v) is 5.98. The van der Waals surface area contributed by atoms with Crippen molar-refractivity contribution in [2.24, 2.45) is 0 Å². The number of carbonyl (C=O) groups excluding carboxylic acids is 3. The lowest BCUT2D eigenvalue weighted by atomic mass is 10.0. The molecule has 192 valence electrons. The van der Waals surface area contributed by atoms with Crippen LogP contribution < -0.4 is 16.0 Å². The molecule has 1 aromatic carbocycles. The number of amides is 3. The highest BCUT2D eigenvalue weighted by Gasteiger charge is 2.30. The molecule has 1 atom stereocenters. The summed E-state index contributed by atoms with van der Waals surface area (Å²) in [5, 5.41) is 17.0. The number of aromatic amines is 1. The van der Waals surface area contributed by atoms with Gasteiger partial charge in [0, 0.05) is 36.3 Å². The van der Waals surface area contributed by atoms with Crippen molar-refractivity contribution in [1.29, 1.82) is 0 Å². The van der Waals surface area contributed by atoms with E-state index < -0.39 is 35.2 Å². The van der Waals surface area contributed by atoms with Gasteiger partial charge in [0.25, 0.3) is 11.8 Å². The summed E-state index contributed by atoms with van der Waals surface area (Å²) < 4.78 is 19.0. The Hall–Kier alpha value is -3.99. The number of benzene rings is 1. The molecule has 2 heterocycles. The highest BCUT2D eigenvalue weighted by Crippen LogP contribution is 2.34. The monoisotopic (exact) mass is 500 g/mol. The first-order valence-corrected chi connectivity index (χ1v) is 11.2. The number of nitrogens with one attached hydrogen (secondary N) is 4. The molecule has 0 saturated carbocycles. The van der Waals surface area contributed by atoms with Crippen LogP contribution >= 0.6 is 0 Å². The maximum Gasteiger partial charge on any atom is 0.328 e. The average molecular weight is 501 g/mol. The second-order valence-electron chi connectivity index (χ2n) is 9.12. The summed E-state index contributed by atoms with van der Waals surface area (Å²) in [6.07, 6.45) is 0.737. The van der Waals surface area contributed by atoms with Crippen molar-refractivity contribution in [2.45, 2.75) is 45.8 Å². The smallest absolute Gasteiger partial charge is 0.328 e. The Labute approximate surface area is 207 Å². The van der Waals surface area contributed by atoms with Crippen LogP contribution in [0.3, 0.4) is 0 Å². The van der Waals surface area contributed by atoms with Gasteiger partial charge in [-0.25, -0.2) is 9.18 Å². The van der Waals surface area contributed by atoms with Crippen LogP contribution in [0.5, 0.6) is 0 Å². The molecule has 0 spiro atoms. The largest absolute Gasteiger partial charge is 0.480 e. The first-order chi connectivity index (χ1) is 16.8. The number of halogens is 1. The van der Waals surface area contributed by atoms with Gasteiger partial charge in [-0.05, 0) is 57.5 Å². The molecule has 1 aliphatic rings. The zero-order valence-electron chi connectivity index (χ0n) is 20.7. The van der Waals surface area contributed by atoms with Gasteiger partial charge in [-0.2, -0.15) is 0 Å². The Kier molecular flexibility index (Phi) is 7.63. The normalized spacial score (nSPS) is 14.8. The van der Waals surface area contributed by atoms with E-state index >= 15 is 0 Å². The van der Waals surface area contributed by atoms with Gasteiger partial charge in [-0.3, -0.25) is 14.4 Å². The third kappa shape index (κ3) is 5.62. The summed E-state index contributed by atoms with van der Waals surface area (Å²) in [7, 11) is 1.39. The van der Waals surface area contributed by atoms with Crippen LogP contribution in [0.25, 0.3) is 11.6 Å². The minimum atomic E-state index is -1.44. The van der Waals surface area contributed by atoms with E-state index in [1.54, 1.807) is 19.9 Å². The first kappa shape index (κ1) is 26.6. The van der Waals surface area contributed by atoms with Gasteiger partial charge >= 0.3 is 5.97 Å². The highest BCUT2D eigenvalue weighted by atomic mass is 19.1. The van der Waals surface area contributed by atoms with E-state index in [0.717, 1.165) is 0 Å². The number of hydrogen-bond donors (Lipinski definition) is 5. The van der Waals surface area contributed by atoms with E-state index in [-0.39, 0.29) is 24.4 Å². The van der Waals surface area contributed by atoms with Crippen molar-refractivity contribution in [3.8, 4) is 0 Å². The molecular weight excluding hydrogens is 471 g/mol. The Morgan fingerprint density at radius 2 is 1.94 bits per heavy atom. The molecule has 1 aromatic heterocycles. The van der Waals surface area contributed by atoms with E-state index in [2.05, 4.69) is 20.9 Å². The molecule has 0 aliphatic carbocycles. The summed E-state index contributed by atoms with van der Waals surface area (Å²) in [6, 6.07) is 4.03. The van der Waals surface area contributed by atoms with E-state index in [1.165, 1.54) is 39.2 Å². The molecule has 36 heavy (non-hydrogen) atoms. The molecular formula is C25H29FN4O6. The maximum atomic E-state index is 13.7. The zero-order chi connectivity index (χ0) is 26.8. The maximum absolute atomic E-state index is 13.7. The highest BCUT2D eigenvalue weighted by molar-refractivity contribution is 6.34. The van der Waals surface area contributed by atoms with Gasteiger partial charge in [0.05, 0.1) is 23.7 Å². The van der Waals surface area contributed by atoms with Crippen LogP contribution in [-0.2, 0) is 19.1 Å². The van der Waals surface area contributed by atoms with Gasteiger partial charge < -0.3 is 30.8 Å². The topological polar surface area (TPSA) is 150 Å². The van der Waals surface area contributed by atoms with Gasteiger partial charge in [-0.15, -0.1) is 0 Å². The second-order valence-corrected chi connectivity index (χ2v) is 9.12. The lowest BCUT2D eigenvalue weighted by Gasteiger charge is -2.23. The minimum Gasteiger partial charge on any atom is -0.480 e. The van der Waals surface area contributed by atoms with Crippen LogP contribution in [0.1, 0.15) is 53.1 Å². The molecule has 10 nitrogen and oxygen atoms in total. The number of carbonyl (C=O) groups is 4. The number of aryl methyl sites for hydroxylation is 1. The van der Waals surface area contributed by atoms with Crippen molar-refractivity contribution >= 4 is 41.0 Å². The van der Waals surface area contributed by atoms with Gasteiger partial charge in [-0.1, -0.05) is 0 Å². The van der Waals surface area contributed by atoms with Crippen LogP contribution in [0.2, 0.25) is 0 Å². The van der Waals surface area contributed by atoms with E-state index in [4.69, 9.17) is 9.84 Å². The van der Waals surface area contributed by atoms with Crippen LogP contribution in [0, 0.1) is 19.7 Å². The predicted molar refractivity (Wildman–Crippen MR) is 131 cm³/mol. The summed E-state index contributed by atoms with van der Waals surface area (Å²) in [6.45, 7) is 6.17. The molecule has 11 heteroatoms. The molecule has 2 aromatic rings. The fraction of sp³-hybridized carbons (Fsp3) is 0.360. The average Bonchev–Trinajstić information content (AvgIpc) is 3.25. The number of methoxy groups -OCH3 is 1. The van der Waals surface area contributed by atoms with Crippen molar-refractivity contribution in [1.82, 2.24) is 15.6 Å². The lowest BCUT2D eigenvalue weighted by molar-refractivity contribution is -0.146. The fourth-order valence-electron chi connectivity index (χ4n) is 3.90. The quantitative estimate of drug-likeness (QED) is 0.334. The zero-order valence-corrected chi connectivity index (χ0v) is 20.7. The van der Waals surface area contributed by atoms with Crippen LogP contribution in [0.15, 0.2) is 18.2 Å². The number of aliphatic carboxylic acids is 1. The van der Waals surface area contributed by atoms with Gasteiger partial charge in [0.1, 0.15) is 11.4 Å². The number of fused-ring (bicyclic) bond motifs is 1. The molecule has 3 rings (SSSR count). The van der Waals surface area contributed by atoms with Crippen molar-refractivity contribution in [3.63, 3.8) is 0 Å². The van der Waals surface area contributed by atoms with E-state index in [9.17, 15) is 23.6 Å². The number of hydrogen-bond acceptors (Lipinski definition) is 5. The SMILES string of the molecule is COC(CNC(=O)c1c(C)[nH]c(/C=C2\C(=O)Nc3ccc(F)cc32)c1C)CC(=O)NC(C)(C)C(=O)O. The van der Waals surface area contributed by atoms with Gasteiger partial charge in [0.15, 0.2) is 0 Å². The Balaban J connectivity index is 1.72. The molecule has 1 unspecified atom stereocenters. The minimum absolute atomic E-state index is 0.00575. The third-order valence-electron chi connectivity index (χ3n) is 5.98. The summed E-state index contributed by atoms with van der Waals surface area (Å²) in [5.41, 5.74) is 1.82. The number of carboxylic acids is 1. The Morgan fingerprint density at radius 3 is 2.58 bits per heavy atom. The number of ether oxygens (including phenoxy) is 1. The van der Waals surface area contributed by atoms with E-state index in [0.29, 0.717) is 33.8 Å². The molecule has 1 aliphatic heterocycles. The molecule has 3 amide bonds. The summed E-state index contributed by atoms with van der Waals surface area (Å²) in [4.78, 5) is 51.9. The number of rotatable bonds is 9. The molecule has 0 radical (unpaired) electrons. The van der Waals surface area contributed by atoms with Gasteiger partial charge in [0.2, 0.25) is 5.91 Å². The number of anilines is 1. The number of aromatic nitrogens is 1. The Bertz CT molecular complexity index is 1260. The van der Waals surface area contributed by atoms with Crippen LogP contribution in [0.4, 0.5) is 10.1 Å². The van der Waals surface area contributed by atoms with E-state index in [1.807, 2.05) is 0 Å². The van der Waals surface area contributed by atoms with Crippen LogP contribution in [-0.4, -0.2) is 59.1 Å². The molecule has 0 bridgehead atoms. The Morgan fingerprint density at radius 1 is 1.25 bits per heavy atom. The standard InChI is InChI=1S/C25H29FN4O6/c1-12-19(10-17-16-8-14(26)6-7-18(16)29-22(17)32)28-13(2)21(12)23(33)27-11-15(36-5)9-20(31)30-25(3,4)24(34)35/h6-8,10,15,28H,9,11H2,1-5H3,(H,27,33)(H,29,32)(H,30,31)(H,34,35)/b17-10-. The summed E-state index contributed by atoms with van der Waals surface area (Å²) >= 11 is 0. The molecule has 5 N–H and O–H groups in total. The van der Waals surface area contributed by atoms with Crippen molar-refractivity contribution < 1.29 is 33.4 Å². The number of H-pyrrole nitrogens is 1. The fourth-order valence-corrected chi connectivity index (χ4v) is 3.90. The summed E-state index contributed by atoms with van der Waals surface area (Å²) in [5.74, 6) is -2.96. The predicted octanol–water partition coefficient (Wildman–Crippen LogP) is 2.38. The van der Waals surface area contributed by atoms with Crippen molar-refractivity contribution in [3.05, 3.63) is 52.1 Å². The molecule has 0 fully saturated rings. The first-order valence-electron chi connectivity index (χ1n) is 11.2. The lowest BCUT2D eigenvalue weighted by Crippen LogP contribution is -2.50.